The third kappa shape index (κ3) is 4.17. The van der Waals surface area contributed by atoms with Crippen molar-refractivity contribution in [1.29, 1.82) is 0 Å². The van der Waals surface area contributed by atoms with Crippen LogP contribution in [0.2, 0.25) is 0 Å². The van der Waals surface area contributed by atoms with Crippen LogP contribution in [0.25, 0.3) is 0 Å². The number of esters is 1. The zero-order valence-electron chi connectivity index (χ0n) is 12.7. The Labute approximate surface area is 137 Å². The molecule has 0 saturated heterocycles. The molecule has 0 aliphatic carbocycles. The number of amides is 2. The van der Waals surface area contributed by atoms with Crippen LogP contribution in [0.1, 0.15) is 32.5 Å². The fourth-order valence-electron chi connectivity index (χ4n) is 1.81. The van der Waals surface area contributed by atoms with Crippen molar-refractivity contribution in [3.8, 4) is 0 Å². The molecule has 1 heterocycles. The molecule has 120 valence electrons. The van der Waals surface area contributed by atoms with Gasteiger partial charge in [0.1, 0.15) is 4.88 Å². The third-order valence-corrected chi connectivity index (χ3v) is 4.13. The number of hydrogen-bond acceptors (Lipinski definition) is 5. The van der Waals surface area contributed by atoms with E-state index in [4.69, 9.17) is 10.5 Å². The van der Waals surface area contributed by atoms with E-state index in [1.54, 1.807) is 24.4 Å². The van der Waals surface area contributed by atoms with E-state index >= 15 is 0 Å². The average Bonchev–Trinajstić information content (AvgIpc) is 2.93. The molecule has 2 amide bonds. The van der Waals surface area contributed by atoms with Crippen LogP contribution >= 0.6 is 11.3 Å². The Morgan fingerprint density at radius 1 is 1.17 bits per heavy atom. The van der Waals surface area contributed by atoms with Crippen molar-refractivity contribution in [2.45, 2.75) is 20.0 Å². The highest BCUT2D eigenvalue weighted by molar-refractivity contribution is 7.12. The molecule has 0 bridgehead atoms. The number of benzene rings is 1. The maximum atomic E-state index is 12.0. The summed E-state index contributed by atoms with van der Waals surface area (Å²) in [5.74, 6) is -1.53. The van der Waals surface area contributed by atoms with Gasteiger partial charge in [0, 0.05) is 11.3 Å². The summed E-state index contributed by atoms with van der Waals surface area (Å²) >= 11 is 1.27. The van der Waals surface area contributed by atoms with Gasteiger partial charge in [0.2, 0.25) is 5.91 Å². The van der Waals surface area contributed by atoms with Crippen LogP contribution in [0.3, 0.4) is 0 Å². The van der Waals surface area contributed by atoms with Crippen LogP contribution in [0.5, 0.6) is 0 Å². The Hall–Kier alpha value is -2.67. The molecular weight excluding hydrogens is 316 g/mol. The van der Waals surface area contributed by atoms with E-state index in [0.717, 1.165) is 5.56 Å². The number of primary amides is 1. The van der Waals surface area contributed by atoms with Crippen molar-refractivity contribution in [3.05, 3.63) is 51.7 Å². The Kier molecular flexibility index (Phi) is 5.13. The molecule has 0 spiro atoms. The smallest absolute Gasteiger partial charge is 0.349 e. The number of hydrogen-bond donors (Lipinski definition) is 2. The van der Waals surface area contributed by atoms with Crippen LogP contribution in [0, 0.1) is 6.92 Å². The topological polar surface area (TPSA) is 98.5 Å². The van der Waals surface area contributed by atoms with E-state index in [0.29, 0.717) is 16.1 Å². The molecule has 2 aromatic rings. The van der Waals surface area contributed by atoms with E-state index in [9.17, 15) is 14.4 Å². The zero-order valence-corrected chi connectivity index (χ0v) is 13.5. The van der Waals surface area contributed by atoms with Crippen molar-refractivity contribution in [2.24, 2.45) is 5.73 Å². The van der Waals surface area contributed by atoms with Gasteiger partial charge in [-0.3, -0.25) is 9.59 Å². The Morgan fingerprint density at radius 3 is 2.35 bits per heavy atom. The monoisotopic (exact) mass is 332 g/mol. The van der Waals surface area contributed by atoms with Gasteiger partial charge in [-0.15, -0.1) is 11.3 Å². The molecule has 0 aliphatic heterocycles. The molecule has 2 rings (SSSR count). The Bertz CT molecular complexity index is 737. The van der Waals surface area contributed by atoms with Gasteiger partial charge in [-0.2, -0.15) is 0 Å². The summed E-state index contributed by atoms with van der Waals surface area (Å²) in [4.78, 5) is 35.5. The number of aryl methyl sites for hydroxylation is 1. The van der Waals surface area contributed by atoms with Crippen molar-refractivity contribution >= 4 is 34.8 Å². The van der Waals surface area contributed by atoms with Gasteiger partial charge in [-0.1, -0.05) is 0 Å². The van der Waals surface area contributed by atoms with E-state index in [1.165, 1.54) is 30.4 Å². The second-order valence-corrected chi connectivity index (χ2v) is 5.83. The number of nitrogens with one attached hydrogen (secondary N) is 1. The van der Waals surface area contributed by atoms with Crippen LogP contribution in [-0.4, -0.2) is 23.9 Å². The largest absolute Gasteiger partial charge is 0.448 e. The first kappa shape index (κ1) is 16.7. The standard InChI is InChI=1S/C16H16N2O4S/c1-9-7-8-23-13(9)16(21)22-10(2)15(20)18-12-5-3-11(4-6-12)14(17)19/h3-8,10H,1-2H3,(H2,17,19)(H,18,20)/t10-/m1/s1. The first-order valence-corrected chi connectivity index (χ1v) is 7.72. The quantitative estimate of drug-likeness (QED) is 0.821. The maximum absolute atomic E-state index is 12.0. The molecular formula is C16H16N2O4S. The molecule has 0 radical (unpaired) electrons. The van der Waals surface area contributed by atoms with Gasteiger partial charge in [0.25, 0.3) is 5.91 Å². The average molecular weight is 332 g/mol. The van der Waals surface area contributed by atoms with Crippen LogP contribution in [0.4, 0.5) is 5.69 Å². The molecule has 1 atom stereocenters. The zero-order chi connectivity index (χ0) is 17.0. The van der Waals surface area contributed by atoms with Crippen molar-refractivity contribution in [2.75, 3.05) is 5.32 Å². The van der Waals surface area contributed by atoms with Gasteiger partial charge < -0.3 is 15.8 Å². The number of ether oxygens (including phenoxy) is 1. The van der Waals surface area contributed by atoms with Crippen molar-refractivity contribution in [1.82, 2.24) is 0 Å². The van der Waals surface area contributed by atoms with Gasteiger partial charge >= 0.3 is 5.97 Å². The summed E-state index contributed by atoms with van der Waals surface area (Å²) in [5.41, 5.74) is 6.78. The van der Waals surface area contributed by atoms with Gasteiger partial charge in [-0.25, -0.2) is 4.79 Å². The van der Waals surface area contributed by atoms with E-state index in [2.05, 4.69) is 5.32 Å². The summed E-state index contributed by atoms with van der Waals surface area (Å²) in [6.07, 6.45) is -0.945. The molecule has 6 nitrogen and oxygen atoms in total. The molecule has 1 aromatic heterocycles. The molecule has 1 aromatic carbocycles. The molecule has 7 heteroatoms. The SMILES string of the molecule is Cc1ccsc1C(=O)O[C@H](C)C(=O)Nc1ccc(C(N)=O)cc1. The fraction of sp³-hybridized carbons (Fsp3) is 0.188. The molecule has 0 aliphatic rings. The van der Waals surface area contributed by atoms with Crippen molar-refractivity contribution in [3.63, 3.8) is 0 Å². The number of thiophene rings is 1. The highest BCUT2D eigenvalue weighted by Crippen LogP contribution is 2.18. The first-order valence-electron chi connectivity index (χ1n) is 6.84. The predicted molar refractivity (Wildman–Crippen MR) is 87.5 cm³/mol. The minimum atomic E-state index is -0.945. The lowest BCUT2D eigenvalue weighted by atomic mass is 10.2. The van der Waals surface area contributed by atoms with Crippen LogP contribution in [-0.2, 0) is 9.53 Å². The highest BCUT2D eigenvalue weighted by atomic mass is 32.1. The predicted octanol–water partition coefficient (Wildman–Crippen LogP) is 2.34. The lowest BCUT2D eigenvalue weighted by molar-refractivity contribution is -0.123. The summed E-state index contributed by atoms with van der Waals surface area (Å²) in [6.45, 7) is 3.30. The second-order valence-electron chi connectivity index (χ2n) is 4.91. The van der Waals surface area contributed by atoms with Gasteiger partial charge in [-0.05, 0) is 55.1 Å². The van der Waals surface area contributed by atoms with Crippen molar-refractivity contribution < 1.29 is 19.1 Å². The molecule has 0 saturated carbocycles. The number of carbonyl (C=O) groups is 3. The van der Waals surface area contributed by atoms with Crippen LogP contribution in [0.15, 0.2) is 35.7 Å². The minimum absolute atomic E-state index is 0.343. The Balaban J connectivity index is 1.96. The minimum Gasteiger partial charge on any atom is -0.448 e. The maximum Gasteiger partial charge on any atom is 0.349 e. The van der Waals surface area contributed by atoms with E-state index in [1.807, 2.05) is 6.07 Å². The third-order valence-electron chi connectivity index (χ3n) is 3.14. The normalized spacial score (nSPS) is 11.6. The number of nitrogens with two attached hydrogens (primary N) is 1. The lowest BCUT2D eigenvalue weighted by Gasteiger charge is -2.13. The number of anilines is 1. The number of rotatable bonds is 5. The van der Waals surface area contributed by atoms with Gasteiger partial charge in [0.15, 0.2) is 6.10 Å². The van der Waals surface area contributed by atoms with E-state index in [-0.39, 0.29) is 0 Å². The first-order chi connectivity index (χ1) is 10.9. The summed E-state index contributed by atoms with van der Waals surface area (Å²) in [7, 11) is 0. The fourth-order valence-corrected chi connectivity index (χ4v) is 2.62. The summed E-state index contributed by atoms with van der Waals surface area (Å²) < 4.78 is 5.16. The van der Waals surface area contributed by atoms with E-state index < -0.39 is 23.9 Å². The Morgan fingerprint density at radius 2 is 1.83 bits per heavy atom. The molecule has 3 N–H and O–H groups in total. The molecule has 23 heavy (non-hydrogen) atoms. The summed E-state index contributed by atoms with van der Waals surface area (Å²) in [6, 6.07) is 7.92. The lowest BCUT2D eigenvalue weighted by Crippen LogP contribution is -2.30. The highest BCUT2D eigenvalue weighted by Gasteiger charge is 2.20. The van der Waals surface area contributed by atoms with Gasteiger partial charge in [0.05, 0.1) is 0 Å². The van der Waals surface area contributed by atoms with Crippen LogP contribution < -0.4 is 11.1 Å². The number of carbonyl (C=O) groups excluding carboxylic acids is 3. The summed E-state index contributed by atoms with van der Waals surface area (Å²) in [5, 5.41) is 4.40. The molecule has 0 fully saturated rings. The second kappa shape index (κ2) is 7.06. The molecule has 0 unspecified atom stereocenters.